The van der Waals surface area contributed by atoms with E-state index in [1.807, 2.05) is 0 Å². The van der Waals surface area contributed by atoms with Gasteiger partial charge in [0.25, 0.3) is 5.91 Å². The number of rotatable bonds is 3. The Morgan fingerprint density at radius 3 is 2.68 bits per heavy atom. The average Bonchev–Trinajstić information content (AvgIpc) is 2.54. The summed E-state index contributed by atoms with van der Waals surface area (Å²) in [6, 6.07) is 13.1. The number of carbonyl (C=O) groups is 1. The second-order valence-electron chi connectivity index (χ2n) is 4.65. The second kappa shape index (κ2) is 6.01. The summed E-state index contributed by atoms with van der Waals surface area (Å²) in [6.45, 7) is -2.29. The molecule has 0 saturated heterocycles. The van der Waals surface area contributed by atoms with Crippen molar-refractivity contribution in [3.05, 3.63) is 54.1 Å². The molecule has 1 heterocycles. The molecule has 0 atom stereocenters. The van der Waals surface area contributed by atoms with Gasteiger partial charge in [-0.1, -0.05) is 24.3 Å². The summed E-state index contributed by atoms with van der Waals surface area (Å²) in [7, 11) is 0. The standard InChI is InChI=1S/C16H13F2NO3/c17-16(18)22-13-7-3-1-5-11(13)15(20)19-9-10-21-14-8-4-2-6-12(14)19/h1-8,16H,9-10H2. The Morgan fingerprint density at radius 2 is 1.86 bits per heavy atom. The summed E-state index contributed by atoms with van der Waals surface area (Å²) < 4.78 is 34.9. The minimum Gasteiger partial charge on any atom is -0.490 e. The SMILES string of the molecule is O=C(c1ccccc1OC(F)F)N1CCOc2ccccc21. The molecule has 0 fully saturated rings. The number of hydrogen-bond acceptors (Lipinski definition) is 3. The highest BCUT2D eigenvalue weighted by Crippen LogP contribution is 2.33. The van der Waals surface area contributed by atoms with E-state index >= 15 is 0 Å². The number of benzene rings is 2. The molecule has 0 aromatic heterocycles. The zero-order valence-corrected chi connectivity index (χ0v) is 11.5. The fourth-order valence-corrected chi connectivity index (χ4v) is 2.37. The number of carbonyl (C=O) groups excluding carboxylic acids is 1. The molecule has 2 aromatic carbocycles. The summed E-state index contributed by atoms with van der Waals surface area (Å²) in [5.74, 6) is 0.0628. The Kier molecular flexibility index (Phi) is 3.91. The van der Waals surface area contributed by atoms with E-state index < -0.39 is 12.5 Å². The predicted molar refractivity (Wildman–Crippen MR) is 76.7 cm³/mol. The van der Waals surface area contributed by atoms with Crippen LogP contribution in [0.15, 0.2) is 48.5 Å². The summed E-state index contributed by atoms with van der Waals surface area (Å²) in [5.41, 5.74) is 0.713. The van der Waals surface area contributed by atoms with E-state index in [2.05, 4.69) is 4.74 Å². The maximum atomic E-state index is 12.7. The molecule has 0 aliphatic carbocycles. The third kappa shape index (κ3) is 2.72. The lowest BCUT2D eigenvalue weighted by molar-refractivity contribution is -0.0501. The van der Waals surface area contributed by atoms with Gasteiger partial charge in [-0.05, 0) is 24.3 Å². The minimum absolute atomic E-state index is 0.0968. The first-order valence-corrected chi connectivity index (χ1v) is 6.74. The molecule has 0 saturated carbocycles. The first-order chi connectivity index (χ1) is 10.7. The number of para-hydroxylation sites is 3. The zero-order valence-electron chi connectivity index (χ0n) is 11.5. The van der Waals surface area contributed by atoms with Crippen molar-refractivity contribution in [2.24, 2.45) is 0 Å². The summed E-state index contributed by atoms with van der Waals surface area (Å²) in [4.78, 5) is 14.2. The van der Waals surface area contributed by atoms with Crippen molar-refractivity contribution in [2.45, 2.75) is 6.61 Å². The fourth-order valence-electron chi connectivity index (χ4n) is 2.37. The molecule has 1 aliphatic rings. The number of amides is 1. The molecule has 0 N–H and O–H groups in total. The van der Waals surface area contributed by atoms with Crippen molar-refractivity contribution in [3.63, 3.8) is 0 Å². The minimum atomic E-state index is -2.98. The quantitative estimate of drug-likeness (QED) is 0.873. The third-order valence-electron chi connectivity index (χ3n) is 3.31. The molecule has 114 valence electrons. The lowest BCUT2D eigenvalue weighted by Crippen LogP contribution is -2.38. The van der Waals surface area contributed by atoms with Crippen LogP contribution in [-0.2, 0) is 0 Å². The molecule has 4 nitrogen and oxygen atoms in total. The maximum absolute atomic E-state index is 12.7. The molecule has 0 bridgehead atoms. The van der Waals surface area contributed by atoms with Crippen LogP contribution in [0.3, 0.4) is 0 Å². The van der Waals surface area contributed by atoms with Gasteiger partial charge in [-0.25, -0.2) is 0 Å². The second-order valence-corrected chi connectivity index (χ2v) is 4.65. The van der Waals surface area contributed by atoms with Gasteiger partial charge in [0.05, 0.1) is 17.8 Å². The molecule has 0 unspecified atom stereocenters. The number of anilines is 1. The van der Waals surface area contributed by atoms with E-state index in [0.717, 1.165) is 0 Å². The van der Waals surface area contributed by atoms with Crippen molar-refractivity contribution < 1.29 is 23.0 Å². The van der Waals surface area contributed by atoms with Crippen molar-refractivity contribution in [2.75, 3.05) is 18.1 Å². The highest BCUT2D eigenvalue weighted by Gasteiger charge is 2.26. The number of halogens is 2. The third-order valence-corrected chi connectivity index (χ3v) is 3.31. The van der Waals surface area contributed by atoms with E-state index in [9.17, 15) is 13.6 Å². The van der Waals surface area contributed by atoms with Crippen LogP contribution in [0.5, 0.6) is 11.5 Å². The highest BCUT2D eigenvalue weighted by molar-refractivity contribution is 6.08. The highest BCUT2D eigenvalue weighted by atomic mass is 19.3. The van der Waals surface area contributed by atoms with Gasteiger partial charge in [0.15, 0.2) is 0 Å². The van der Waals surface area contributed by atoms with E-state index in [1.54, 1.807) is 36.4 Å². The van der Waals surface area contributed by atoms with Gasteiger partial charge in [-0.15, -0.1) is 0 Å². The molecule has 1 amide bonds. The van der Waals surface area contributed by atoms with Crippen LogP contribution in [0.2, 0.25) is 0 Å². The van der Waals surface area contributed by atoms with Crippen LogP contribution < -0.4 is 14.4 Å². The molecular formula is C16H13F2NO3. The lowest BCUT2D eigenvalue weighted by atomic mass is 10.1. The van der Waals surface area contributed by atoms with Crippen molar-refractivity contribution >= 4 is 11.6 Å². The Morgan fingerprint density at radius 1 is 1.14 bits per heavy atom. The summed E-state index contributed by atoms with van der Waals surface area (Å²) >= 11 is 0. The number of fused-ring (bicyclic) bond motifs is 1. The van der Waals surface area contributed by atoms with Crippen LogP contribution in [0, 0.1) is 0 Å². The van der Waals surface area contributed by atoms with Crippen molar-refractivity contribution in [1.29, 1.82) is 0 Å². The molecular weight excluding hydrogens is 292 g/mol. The lowest BCUT2D eigenvalue weighted by Gasteiger charge is -2.29. The van der Waals surface area contributed by atoms with Crippen LogP contribution >= 0.6 is 0 Å². The number of alkyl halides is 2. The molecule has 2 aromatic rings. The summed E-state index contributed by atoms with van der Waals surface area (Å²) in [5, 5.41) is 0. The van der Waals surface area contributed by atoms with Gasteiger partial charge >= 0.3 is 6.61 Å². The van der Waals surface area contributed by atoms with Gasteiger partial charge in [-0.3, -0.25) is 4.79 Å². The van der Waals surface area contributed by atoms with E-state index in [1.165, 1.54) is 17.0 Å². The first kappa shape index (κ1) is 14.3. The smallest absolute Gasteiger partial charge is 0.387 e. The maximum Gasteiger partial charge on any atom is 0.387 e. The topological polar surface area (TPSA) is 38.8 Å². The average molecular weight is 305 g/mol. The molecule has 1 aliphatic heterocycles. The van der Waals surface area contributed by atoms with Crippen molar-refractivity contribution in [3.8, 4) is 11.5 Å². The number of ether oxygens (including phenoxy) is 2. The van der Waals surface area contributed by atoms with E-state index in [0.29, 0.717) is 24.6 Å². The molecule has 0 radical (unpaired) electrons. The fraction of sp³-hybridized carbons (Fsp3) is 0.188. The van der Waals surface area contributed by atoms with E-state index in [4.69, 9.17) is 4.74 Å². The van der Waals surface area contributed by atoms with Crippen LogP contribution in [0.25, 0.3) is 0 Å². The zero-order chi connectivity index (χ0) is 15.5. The Labute approximate surface area is 125 Å². The first-order valence-electron chi connectivity index (χ1n) is 6.74. The van der Waals surface area contributed by atoms with Gasteiger partial charge < -0.3 is 14.4 Å². The van der Waals surface area contributed by atoms with Gasteiger partial charge in [-0.2, -0.15) is 8.78 Å². The Balaban J connectivity index is 1.96. The Bertz CT molecular complexity index is 691. The van der Waals surface area contributed by atoms with Crippen molar-refractivity contribution in [1.82, 2.24) is 0 Å². The molecule has 6 heteroatoms. The monoisotopic (exact) mass is 305 g/mol. The number of hydrogen-bond donors (Lipinski definition) is 0. The van der Waals surface area contributed by atoms with Crippen LogP contribution in [-0.4, -0.2) is 25.7 Å². The van der Waals surface area contributed by atoms with Crippen LogP contribution in [0.4, 0.5) is 14.5 Å². The normalized spacial score (nSPS) is 13.5. The molecule has 3 rings (SSSR count). The largest absolute Gasteiger partial charge is 0.490 e. The predicted octanol–water partition coefficient (Wildman–Crippen LogP) is 3.33. The van der Waals surface area contributed by atoms with Gasteiger partial charge in [0.1, 0.15) is 18.1 Å². The van der Waals surface area contributed by atoms with Gasteiger partial charge in [0, 0.05) is 0 Å². The van der Waals surface area contributed by atoms with Crippen LogP contribution in [0.1, 0.15) is 10.4 Å². The van der Waals surface area contributed by atoms with Gasteiger partial charge in [0.2, 0.25) is 0 Å². The van der Waals surface area contributed by atoms with E-state index in [-0.39, 0.29) is 11.3 Å². The molecule has 0 spiro atoms. The number of nitrogens with zero attached hydrogens (tertiary/aromatic N) is 1. The Hall–Kier alpha value is -2.63. The summed E-state index contributed by atoms with van der Waals surface area (Å²) in [6.07, 6.45) is 0. The molecule has 22 heavy (non-hydrogen) atoms.